The maximum absolute atomic E-state index is 5.16. The molecular weight excluding hydrogens is 404 g/mol. The van der Waals surface area contributed by atoms with E-state index < -0.39 is 0 Å². The first-order valence-corrected chi connectivity index (χ1v) is 12.3. The zero-order valence-corrected chi connectivity index (χ0v) is 22.6. The van der Waals surface area contributed by atoms with Crippen LogP contribution in [-0.2, 0) is 16.2 Å². The summed E-state index contributed by atoms with van der Waals surface area (Å²) < 4.78 is 2.23. The zero-order valence-electron chi connectivity index (χ0n) is 22.6. The van der Waals surface area contributed by atoms with Crippen molar-refractivity contribution in [1.29, 1.82) is 0 Å². The van der Waals surface area contributed by atoms with Crippen molar-refractivity contribution in [2.24, 2.45) is 5.41 Å². The molecule has 0 N–H and O–H groups in total. The fourth-order valence-electron chi connectivity index (χ4n) is 5.63. The summed E-state index contributed by atoms with van der Waals surface area (Å²) in [5.41, 5.74) is 8.19. The molecule has 33 heavy (non-hydrogen) atoms. The van der Waals surface area contributed by atoms with Gasteiger partial charge in [-0.05, 0) is 52.5 Å². The molecule has 176 valence electrons. The van der Waals surface area contributed by atoms with Crippen LogP contribution in [-0.4, -0.2) is 19.4 Å². The van der Waals surface area contributed by atoms with Gasteiger partial charge in [0, 0.05) is 17.0 Å². The molecule has 1 aromatic carbocycles. The van der Waals surface area contributed by atoms with Gasteiger partial charge in [0.05, 0.1) is 22.2 Å². The number of aromatic nitrogens is 4. The van der Waals surface area contributed by atoms with E-state index in [2.05, 4.69) is 96.8 Å². The van der Waals surface area contributed by atoms with Crippen molar-refractivity contribution in [2.75, 3.05) is 0 Å². The van der Waals surface area contributed by atoms with Crippen molar-refractivity contribution in [3.8, 4) is 0 Å². The fraction of sp³-hybridized carbons (Fsp3) is 0.552. The van der Waals surface area contributed by atoms with E-state index in [9.17, 15) is 0 Å². The van der Waals surface area contributed by atoms with Crippen molar-refractivity contribution >= 4 is 27.6 Å². The molecule has 0 saturated carbocycles. The Hall–Kier alpha value is -2.49. The van der Waals surface area contributed by atoms with Gasteiger partial charge in [0.25, 0.3) is 0 Å². The third-order valence-electron chi connectivity index (χ3n) is 8.74. The fourth-order valence-corrected chi connectivity index (χ4v) is 5.63. The van der Waals surface area contributed by atoms with Gasteiger partial charge in [-0.2, -0.15) is 0 Å². The minimum atomic E-state index is -0.0793. The van der Waals surface area contributed by atoms with Crippen LogP contribution in [0.3, 0.4) is 0 Å². The summed E-state index contributed by atoms with van der Waals surface area (Å²) >= 11 is 0. The predicted octanol–water partition coefficient (Wildman–Crippen LogP) is 7.66. The number of pyridine rings is 1. The maximum Gasteiger partial charge on any atom is 0.148 e. The second-order valence-electron chi connectivity index (χ2n) is 12.0. The Morgan fingerprint density at radius 1 is 0.848 bits per heavy atom. The number of hydrogen-bond acceptors (Lipinski definition) is 3. The maximum atomic E-state index is 5.16. The van der Waals surface area contributed by atoms with Crippen LogP contribution in [0.4, 0.5) is 0 Å². The lowest BCUT2D eigenvalue weighted by molar-refractivity contribution is 0.125. The average Bonchev–Trinajstić information content (AvgIpc) is 3.16. The average molecular weight is 445 g/mol. The highest BCUT2D eigenvalue weighted by Gasteiger charge is 2.56. The minimum absolute atomic E-state index is 0.0612. The van der Waals surface area contributed by atoms with Gasteiger partial charge in [-0.25, -0.2) is 9.97 Å². The highest BCUT2D eigenvalue weighted by atomic mass is 15.1. The quantitative estimate of drug-likeness (QED) is 0.280. The lowest BCUT2D eigenvalue weighted by atomic mass is 9.59. The zero-order chi connectivity index (χ0) is 24.7. The van der Waals surface area contributed by atoms with Gasteiger partial charge in [-0.1, -0.05) is 76.2 Å². The molecule has 0 aliphatic heterocycles. The van der Waals surface area contributed by atoms with Crippen molar-refractivity contribution in [1.82, 2.24) is 19.4 Å². The Morgan fingerprint density at radius 2 is 1.42 bits per heavy atom. The topological polar surface area (TPSA) is 43.1 Å². The summed E-state index contributed by atoms with van der Waals surface area (Å²) in [6.45, 7) is 27.0. The highest BCUT2D eigenvalue weighted by Crippen LogP contribution is 2.61. The van der Waals surface area contributed by atoms with Gasteiger partial charge in [0.2, 0.25) is 0 Å². The summed E-state index contributed by atoms with van der Waals surface area (Å²) in [4.78, 5) is 14.9. The van der Waals surface area contributed by atoms with Gasteiger partial charge in [0.1, 0.15) is 11.5 Å². The number of hydrogen-bond donors (Lipinski definition) is 0. The molecule has 4 nitrogen and oxygen atoms in total. The molecule has 5 rings (SSSR count). The number of benzene rings is 1. The number of imidazole rings is 1. The summed E-state index contributed by atoms with van der Waals surface area (Å²) in [5, 5.41) is 1.07. The predicted molar refractivity (Wildman–Crippen MR) is 140 cm³/mol. The first-order valence-electron chi connectivity index (χ1n) is 12.3. The highest BCUT2D eigenvalue weighted by molar-refractivity contribution is 5.98. The molecule has 0 bridgehead atoms. The normalized spacial score (nSPS) is 18.4. The van der Waals surface area contributed by atoms with E-state index in [-0.39, 0.29) is 21.7 Å². The second kappa shape index (κ2) is 7.01. The molecule has 1 aliphatic rings. The lowest BCUT2D eigenvalue weighted by Gasteiger charge is -2.44. The van der Waals surface area contributed by atoms with Crippen LogP contribution in [0, 0.1) is 12.3 Å². The molecule has 0 unspecified atom stereocenters. The first kappa shape index (κ1) is 23.7. The van der Waals surface area contributed by atoms with Gasteiger partial charge in [-0.15, -0.1) is 0 Å². The smallest absolute Gasteiger partial charge is 0.148 e. The van der Waals surface area contributed by atoms with Crippen LogP contribution >= 0.6 is 0 Å². The van der Waals surface area contributed by atoms with E-state index in [1.807, 2.05) is 20.0 Å². The van der Waals surface area contributed by atoms with E-state index in [0.29, 0.717) is 0 Å². The number of aryl methyl sites for hydroxylation is 1. The molecule has 0 radical (unpaired) electrons. The van der Waals surface area contributed by atoms with Gasteiger partial charge >= 0.3 is 0 Å². The van der Waals surface area contributed by atoms with Gasteiger partial charge in [-0.3, -0.25) is 9.38 Å². The number of fused-ring (bicyclic) bond motifs is 6. The lowest BCUT2D eigenvalue weighted by Crippen LogP contribution is -2.42. The number of rotatable bonds is 0. The summed E-state index contributed by atoms with van der Waals surface area (Å²) in [7, 11) is 0. The Kier molecular flexibility index (Phi) is 5.02. The molecule has 3 heterocycles. The Labute approximate surface area is 198 Å². The van der Waals surface area contributed by atoms with E-state index >= 15 is 0 Å². The van der Waals surface area contributed by atoms with Gasteiger partial charge < -0.3 is 0 Å². The summed E-state index contributed by atoms with van der Waals surface area (Å²) in [6, 6.07) is 6.78. The largest absolute Gasteiger partial charge is 0.280 e. The Morgan fingerprint density at radius 3 is 2.00 bits per heavy atom. The Balaban J connectivity index is 0.00000126. The molecule has 0 spiro atoms. The van der Waals surface area contributed by atoms with E-state index in [4.69, 9.17) is 9.97 Å². The van der Waals surface area contributed by atoms with Crippen molar-refractivity contribution in [3.05, 3.63) is 47.0 Å². The molecule has 0 fully saturated rings. The summed E-state index contributed by atoms with van der Waals surface area (Å²) in [6.07, 6.45) is 1.90. The van der Waals surface area contributed by atoms with Crippen LogP contribution in [0.5, 0.6) is 0 Å². The molecular formula is C29H40N4. The Bertz CT molecular complexity index is 1390. The van der Waals surface area contributed by atoms with Crippen LogP contribution in [0.2, 0.25) is 0 Å². The first-order chi connectivity index (χ1) is 15.2. The van der Waals surface area contributed by atoms with Crippen LogP contribution in [0.25, 0.3) is 27.6 Å². The van der Waals surface area contributed by atoms with Crippen molar-refractivity contribution in [3.63, 3.8) is 0 Å². The number of nitrogens with zero attached hydrogens (tertiary/aromatic N) is 4. The van der Waals surface area contributed by atoms with Crippen molar-refractivity contribution < 1.29 is 0 Å². The summed E-state index contributed by atoms with van der Waals surface area (Å²) in [5.74, 6) is 0.956. The van der Waals surface area contributed by atoms with E-state index in [1.54, 1.807) is 0 Å². The van der Waals surface area contributed by atoms with Crippen LogP contribution in [0.1, 0.15) is 98.8 Å². The van der Waals surface area contributed by atoms with Gasteiger partial charge in [0.15, 0.2) is 0 Å². The molecule has 4 heteroatoms. The molecule has 0 atom stereocenters. The second-order valence-corrected chi connectivity index (χ2v) is 12.0. The van der Waals surface area contributed by atoms with Crippen LogP contribution < -0.4 is 0 Å². The molecule has 3 aromatic heterocycles. The third kappa shape index (κ3) is 2.92. The molecule has 0 saturated heterocycles. The van der Waals surface area contributed by atoms with Crippen LogP contribution in [0.15, 0.2) is 24.4 Å². The van der Waals surface area contributed by atoms with E-state index in [1.165, 1.54) is 11.1 Å². The molecule has 4 aromatic rings. The minimum Gasteiger partial charge on any atom is -0.280 e. The molecule has 0 amide bonds. The standard InChI is InChI=1S/C27H34N4.C2H6/c1-15-29-21-16(11-12-28-22(21)24(2,3)4)23-30-19-13-17-18(14-20(19)31(15)23)26(7,8)27(9,10)25(17,5)6;1-2/h11-14H,1-10H3;1-2H3. The monoisotopic (exact) mass is 444 g/mol. The van der Waals surface area contributed by atoms with E-state index in [0.717, 1.165) is 39.1 Å². The third-order valence-corrected chi connectivity index (χ3v) is 8.74. The van der Waals surface area contributed by atoms with Crippen molar-refractivity contribution in [2.45, 2.75) is 99.3 Å². The molecule has 1 aliphatic carbocycles. The SMILES string of the molecule is CC.Cc1nc2c(C(C)(C)C)nccc2c2nc3cc4c(cc3n12)C(C)(C)C(C)(C)C4(C)C.